The van der Waals surface area contributed by atoms with Crippen molar-refractivity contribution in [2.45, 2.75) is 0 Å². The minimum atomic E-state index is 0.602. The molecule has 222 valence electrons. The Balaban J connectivity index is 1.25. The fourth-order valence-corrected chi connectivity index (χ4v) is 7.35. The summed E-state index contributed by atoms with van der Waals surface area (Å²) in [5, 5.41) is 24.9. The van der Waals surface area contributed by atoms with Crippen LogP contribution in [0.3, 0.4) is 0 Å². The zero-order valence-corrected chi connectivity index (χ0v) is 25.8. The lowest BCUT2D eigenvalue weighted by Gasteiger charge is -2.18. The van der Waals surface area contributed by atoms with E-state index in [1.807, 2.05) is 54.6 Å². The highest BCUT2D eigenvalue weighted by Gasteiger charge is 2.20. The Bertz CT molecular complexity index is 2750. The summed E-state index contributed by atoms with van der Waals surface area (Å²) < 4.78 is 4.54. The predicted octanol–water partition coefficient (Wildman–Crippen LogP) is 11.0. The van der Waals surface area contributed by atoms with Crippen LogP contribution in [0.4, 0.5) is 0 Å². The van der Waals surface area contributed by atoms with Crippen molar-refractivity contribution >= 4 is 43.6 Å². The lowest BCUT2D eigenvalue weighted by molar-refractivity contribution is 1.18. The Hall–Kier alpha value is -6.88. The van der Waals surface area contributed by atoms with Crippen molar-refractivity contribution in [2.75, 3.05) is 0 Å². The van der Waals surface area contributed by atoms with Crippen molar-refractivity contribution < 1.29 is 0 Å². The molecule has 2 heterocycles. The summed E-state index contributed by atoms with van der Waals surface area (Å²) in [7, 11) is 0. The van der Waals surface area contributed by atoms with Crippen LogP contribution in [0.1, 0.15) is 11.1 Å². The van der Waals surface area contributed by atoms with Crippen molar-refractivity contribution in [3.05, 3.63) is 169 Å². The molecule has 4 nitrogen and oxygen atoms in total. The summed E-state index contributed by atoms with van der Waals surface area (Å²) in [6.07, 6.45) is 0. The molecule has 0 saturated carbocycles. The number of nitrogens with zero attached hydrogens (tertiary/aromatic N) is 4. The molecule has 0 atom stereocenters. The summed E-state index contributed by atoms with van der Waals surface area (Å²) in [6, 6.07) is 58.9. The predicted molar refractivity (Wildman–Crippen MR) is 195 cm³/mol. The van der Waals surface area contributed by atoms with Crippen LogP contribution in [0.25, 0.3) is 77.2 Å². The minimum absolute atomic E-state index is 0.602. The van der Waals surface area contributed by atoms with Gasteiger partial charge in [-0.25, -0.2) is 0 Å². The van der Waals surface area contributed by atoms with E-state index in [-0.39, 0.29) is 0 Å². The van der Waals surface area contributed by atoms with Gasteiger partial charge in [-0.3, -0.25) is 0 Å². The van der Waals surface area contributed by atoms with Gasteiger partial charge in [0.05, 0.1) is 51.0 Å². The van der Waals surface area contributed by atoms with E-state index in [4.69, 9.17) is 0 Å². The molecule has 0 spiro atoms. The van der Waals surface area contributed by atoms with Gasteiger partial charge in [-0.2, -0.15) is 10.5 Å². The molecule has 4 heteroatoms. The summed E-state index contributed by atoms with van der Waals surface area (Å²) in [5.41, 5.74) is 11.4. The highest BCUT2D eigenvalue weighted by Crippen LogP contribution is 2.42. The molecule has 0 fully saturated rings. The smallest absolute Gasteiger partial charge is 0.0998 e. The summed E-state index contributed by atoms with van der Waals surface area (Å²) >= 11 is 0. The van der Waals surface area contributed by atoms with Gasteiger partial charge in [0.25, 0.3) is 0 Å². The van der Waals surface area contributed by atoms with Gasteiger partial charge in [0.1, 0.15) is 0 Å². The van der Waals surface area contributed by atoms with Crippen molar-refractivity contribution in [1.29, 1.82) is 10.5 Å². The maximum atomic E-state index is 10.5. The molecule has 0 unspecified atom stereocenters. The van der Waals surface area contributed by atoms with Gasteiger partial charge in [0, 0.05) is 38.4 Å². The highest BCUT2D eigenvalue weighted by atomic mass is 15.0. The fourth-order valence-electron chi connectivity index (χ4n) is 7.35. The number of nitriles is 2. The van der Waals surface area contributed by atoms with Crippen LogP contribution in [-0.4, -0.2) is 9.13 Å². The first kappa shape index (κ1) is 27.4. The number of hydrogen-bond acceptors (Lipinski definition) is 2. The quantitative estimate of drug-likeness (QED) is 0.199. The lowest BCUT2D eigenvalue weighted by atomic mass is 9.89. The fraction of sp³-hybridized carbons (Fsp3) is 0. The number of rotatable bonds is 4. The van der Waals surface area contributed by atoms with E-state index in [1.54, 1.807) is 0 Å². The zero-order valence-electron chi connectivity index (χ0n) is 25.8. The van der Waals surface area contributed by atoms with Gasteiger partial charge in [-0.15, -0.1) is 0 Å². The lowest BCUT2D eigenvalue weighted by Crippen LogP contribution is -2.00. The van der Waals surface area contributed by atoms with Gasteiger partial charge in [0.2, 0.25) is 0 Å². The van der Waals surface area contributed by atoms with Gasteiger partial charge < -0.3 is 9.13 Å². The molecule has 0 aliphatic heterocycles. The van der Waals surface area contributed by atoms with E-state index in [0.717, 1.165) is 55.4 Å². The first-order valence-electron chi connectivity index (χ1n) is 15.9. The van der Waals surface area contributed by atoms with Crippen LogP contribution in [0.2, 0.25) is 0 Å². The van der Waals surface area contributed by atoms with Gasteiger partial charge in [-0.05, 0) is 65.7 Å². The summed E-state index contributed by atoms with van der Waals surface area (Å²) in [6.45, 7) is 0. The molecule has 9 rings (SSSR count). The zero-order chi connectivity index (χ0) is 32.2. The summed E-state index contributed by atoms with van der Waals surface area (Å²) in [4.78, 5) is 0. The molecule has 0 amide bonds. The largest absolute Gasteiger partial charge is 0.309 e. The van der Waals surface area contributed by atoms with E-state index in [0.29, 0.717) is 11.1 Å². The Morgan fingerprint density at radius 2 is 0.979 bits per heavy atom. The molecule has 0 aliphatic rings. The first-order valence-corrected chi connectivity index (χ1v) is 15.9. The molecule has 7 aromatic carbocycles. The summed E-state index contributed by atoms with van der Waals surface area (Å²) in [5.74, 6) is 0. The number of hydrogen-bond donors (Lipinski definition) is 0. The van der Waals surface area contributed by atoms with Crippen LogP contribution in [0.5, 0.6) is 0 Å². The normalized spacial score (nSPS) is 11.3. The third-order valence-corrected chi connectivity index (χ3v) is 9.42. The standard InChI is InChI=1S/C44H26N4/c45-27-29-20-25-37-36-13-3-7-18-41(36)48(43(37)26-29)42-19-8-4-14-38(42)44-31(28-46)10-9-15-33(44)30-21-23-32(24-22-30)47-39-16-5-1-11-34(39)35-12-2-6-17-40(35)47/h1-26H. The molecule has 0 saturated heterocycles. The highest BCUT2D eigenvalue weighted by molar-refractivity contribution is 6.11. The average Bonchev–Trinajstić information content (AvgIpc) is 3.67. The molecule has 0 radical (unpaired) electrons. The molecule has 2 aromatic heterocycles. The van der Waals surface area contributed by atoms with Gasteiger partial charge >= 0.3 is 0 Å². The number of para-hydroxylation sites is 4. The van der Waals surface area contributed by atoms with Crippen molar-refractivity contribution in [1.82, 2.24) is 9.13 Å². The van der Waals surface area contributed by atoms with E-state index in [2.05, 4.69) is 124 Å². The molecule has 0 bridgehead atoms. The van der Waals surface area contributed by atoms with Crippen molar-refractivity contribution in [3.8, 4) is 45.8 Å². The van der Waals surface area contributed by atoms with Crippen LogP contribution in [0, 0.1) is 22.7 Å². The Labute approximate surface area is 277 Å². The topological polar surface area (TPSA) is 57.4 Å². The van der Waals surface area contributed by atoms with Gasteiger partial charge in [-0.1, -0.05) is 103 Å². The molecule has 0 aliphatic carbocycles. The number of benzene rings is 7. The number of aromatic nitrogens is 2. The average molecular weight is 611 g/mol. The van der Waals surface area contributed by atoms with Crippen molar-refractivity contribution in [2.24, 2.45) is 0 Å². The molecule has 0 N–H and O–H groups in total. The minimum Gasteiger partial charge on any atom is -0.309 e. The molecule has 9 aromatic rings. The van der Waals surface area contributed by atoms with Crippen LogP contribution >= 0.6 is 0 Å². The van der Waals surface area contributed by atoms with E-state index < -0.39 is 0 Å². The maximum absolute atomic E-state index is 10.5. The van der Waals surface area contributed by atoms with E-state index in [9.17, 15) is 10.5 Å². The number of fused-ring (bicyclic) bond motifs is 6. The molecular formula is C44H26N4. The van der Waals surface area contributed by atoms with E-state index >= 15 is 0 Å². The van der Waals surface area contributed by atoms with Crippen LogP contribution in [0.15, 0.2) is 158 Å². The first-order chi connectivity index (χ1) is 23.7. The second-order valence-corrected chi connectivity index (χ2v) is 12.0. The second-order valence-electron chi connectivity index (χ2n) is 12.0. The Kier molecular flexibility index (Phi) is 6.22. The van der Waals surface area contributed by atoms with Gasteiger partial charge in [0.15, 0.2) is 0 Å². The van der Waals surface area contributed by atoms with Crippen LogP contribution < -0.4 is 0 Å². The van der Waals surface area contributed by atoms with E-state index in [1.165, 1.54) is 21.8 Å². The Morgan fingerprint density at radius 1 is 0.417 bits per heavy atom. The van der Waals surface area contributed by atoms with Crippen molar-refractivity contribution in [3.63, 3.8) is 0 Å². The second kappa shape index (κ2) is 10.9. The SMILES string of the molecule is N#Cc1ccc2c3ccccc3n(-c3ccccc3-c3c(C#N)cccc3-c3ccc(-n4c5ccccc5c5ccccc54)cc3)c2c1. The monoisotopic (exact) mass is 610 g/mol. The maximum Gasteiger partial charge on any atom is 0.0998 e. The molecular weight excluding hydrogens is 585 g/mol. The molecule has 48 heavy (non-hydrogen) atoms. The Morgan fingerprint density at radius 3 is 1.62 bits per heavy atom. The third kappa shape index (κ3) is 4.07. The third-order valence-electron chi connectivity index (χ3n) is 9.42. The van der Waals surface area contributed by atoms with Crippen LogP contribution in [-0.2, 0) is 0 Å².